The lowest BCUT2D eigenvalue weighted by Gasteiger charge is -2.42. The highest BCUT2D eigenvalue weighted by molar-refractivity contribution is 6.39. The van der Waals surface area contributed by atoms with Gasteiger partial charge >= 0.3 is 0 Å². The Morgan fingerprint density at radius 1 is 1.07 bits per heavy atom. The molecule has 7 rings (SSSR count). The van der Waals surface area contributed by atoms with Gasteiger partial charge in [0.25, 0.3) is 11.5 Å². The number of carbonyl (C=O) groups is 1. The third-order valence-corrected chi connectivity index (χ3v) is 9.30. The van der Waals surface area contributed by atoms with Gasteiger partial charge in [-0.15, -0.1) is 5.10 Å². The molecule has 12 nitrogen and oxygen atoms in total. The van der Waals surface area contributed by atoms with Crippen LogP contribution in [0.3, 0.4) is 0 Å². The maximum Gasteiger partial charge on any atom is 0.279 e. The maximum absolute atomic E-state index is 12.9. The third kappa shape index (κ3) is 5.14. The van der Waals surface area contributed by atoms with E-state index in [0.29, 0.717) is 33.4 Å². The first-order valence-corrected chi connectivity index (χ1v) is 15.1. The Morgan fingerprint density at radius 3 is 2.58 bits per heavy atom. The molecular formula is C31H27Cl2N9O3. The summed E-state index contributed by atoms with van der Waals surface area (Å²) in [4.78, 5) is 32.7. The molecule has 45 heavy (non-hydrogen) atoms. The number of fused-ring (bicyclic) bond motifs is 1. The highest BCUT2D eigenvalue weighted by Gasteiger charge is 2.40. The van der Waals surface area contributed by atoms with Gasteiger partial charge in [0.05, 0.1) is 28.5 Å². The number of nitrogens with zero attached hydrogens (tertiary/aromatic N) is 7. The van der Waals surface area contributed by atoms with Gasteiger partial charge in [0.2, 0.25) is 5.88 Å². The predicted octanol–water partition coefficient (Wildman–Crippen LogP) is 4.68. The lowest BCUT2D eigenvalue weighted by molar-refractivity contribution is 0.0860. The average Bonchev–Trinajstić information content (AvgIpc) is 3.70. The number of hydrogen-bond donors (Lipinski definition) is 2. The molecule has 4 heterocycles. The number of tetrazole rings is 1. The molecule has 1 fully saturated rings. The van der Waals surface area contributed by atoms with Crippen molar-refractivity contribution in [2.75, 3.05) is 25.5 Å². The quantitative estimate of drug-likeness (QED) is 0.258. The Morgan fingerprint density at radius 2 is 1.82 bits per heavy atom. The lowest BCUT2D eigenvalue weighted by atomic mass is 9.94. The van der Waals surface area contributed by atoms with Crippen LogP contribution in [0.4, 0.5) is 5.69 Å². The Labute approximate surface area is 267 Å². The number of rotatable bonds is 7. The molecule has 1 saturated heterocycles. The largest absolute Gasteiger partial charge is 0.481 e. The molecule has 3 aromatic heterocycles. The summed E-state index contributed by atoms with van der Waals surface area (Å²) < 4.78 is 6.93. The van der Waals surface area contributed by atoms with Gasteiger partial charge in [-0.2, -0.15) is 5.10 Å². The smallest absolute Gasteiger partial charge is 0.279 e. The van der Waals surface area contributed by atoms with Crippen LogP contribution in [0, 0.1) is 0 Å². The van der Waals surface area contributed by atoms with Crippen molar-refractivity contribution in [1.82, 2.24) is 40.3 Å². The fourth-order valence-corrected chi connectivity index (χ4v) is 6.76. The van der Waals surface area contributed by atoms with Crippen molar-refractivity contribution in [3.05, 3.63) is 97.6 Å². The van der Waals surface area contributed by atoms with E-state index in [1.807, 2.05) is 24.3 Å². The van der Waals surface area contributed by atoms with E-state index in [1.54, 1.807) is 19.2 Å². The van der Waals surface area contributed by atoms with Gasteiger partial charge in [0, 0.05) is 60.5 Å². The monoisotopic (exact) mass is 643 g/mol. The normalized spacial score (nSPS) is 16.3. The van der Waals surface area contributed by atoms with Gasteiger partial charge in [-0.3, -0.25) is 14.5 Å². The number of pyridine rings is 1. The van der Waals surface area contributed by atoms with Crippen LogP contribution < -0.4 is 15.6 Å². The molecule has 1 aliphatic heterocycles. The molecule has 5 aromatic rings. The van der Waals surface area contributed by atoms with Crippen LogP contribution in [-0.2, 0) is 13.5 Å². The number of aryl methyl sites for hydroxylation is 2. The first-order chi connectivity index (χ1) is 21.8. The summed E-state index contributed by atoms with van der Waals surface area (Å²) >= 11 is 13.9. The highest BCUT2D eigenvalue weighted by Crippen LogP contribution is 2.47. The van der Waals surface area contributed by atoms with Crippen LogP contribution in [0.2, 0.25) is 10.0 Å². The van der Waals surface area contributed by atoms with Crippen molar-refractivity contribution in [3.63, 3.8) is 0 Å². The van der Waals surface area contributed by atoms with Gasteiger partial charge in [-0.1, -0.05) is 53.5 Å². The molecule has 2 aliphatic rings. The number of nitrogens with one attached hydrogen (secondary N) is 2. The van der Waals surface area contributed by atoms with Crippen molar-refractivity contribution in [1.29, 1.82) is 0 Å². The number of aromatic nitrogens is 7. The van der Waals surface area contributed by atoms with E-state index in [1.165, 1.54) is 24.9 Å². The fourth-order valence-electron chi connectivity index (χ4n) is 6.16. The zero-order valence-corrected chi connectivity index (χ0v) is 25.8. The van der Waals surface area contributed by atoms with Gasteiger partial charge in [0.1, 0.15) is 5.56 Å². The number of hydrogen-bond acceptors (Lipinski definition) is 9. The fraction of sp³-hybridized carbons (Fsp3) is 0.258. The molecule has 0 radical (unpaired) electrons. The number of halogens is 2. The lowest BCUT2D eigenvalue weighted by Crippen LogP contribution is -2.46. The van der Waals surface area contributed by atoms with Gasteiger partial charge in [0.15, 0.2) is 5.82 Å². The molecule has 2 N–H and O–H groups in total. The second-order valence-corrected chi connectivity index (χ2v) is 11.8. The van der Waals surface area contributed by atoms with Crippen molar-refractivity contribution < 1.29 is 9.53 Å². The number of carbonyl (C=O) groups excluding carboxylic acids is 1. The van der Waals surface area contributed by atoms with Crippen LogP contribution in [0.5, 0.6) is 5.88 Å². The van der Waals surface area contributed by atoms with Crippen molar-refractivity contribution in [2.24, 2.45) is 7.05 Å². The molecule has 2 aromatic carbocycles. The molecule has 1 unspecified atom stereocenters. The number of anilines is 1. The number of methoxy groups -OCH3 is 1. The molecule has 1 amide bonds. The number of aromatic amines is 1. The van der Waals surface area contributed by atoms with E-state index < -0.39 is 11.5 Å². The molecule has 0 saturated carbocycles. The van der Waals surface area contributed by atoms with E-state index >= 15 is 0 Å². The number of H-pyrrole nitrogens is 1. The van der Waals surface area contributed by atoms with E-state index in [-0.39, 0.29) is 22.5 Å². The summed E-state index contributed by atoms with van der Waals surface area (Å²) in [5.41, 5.74) is 4.78. The second-order valence-electron chi connectivity index (χ2n) is 11.0. The van der Waals surface area contributed by atoms with Crippen molar-refractivity contribution in [3.8, 4) is 28.3 Å². The maximum atomic E-state index is 12.9. The molecule has 14 heteroatoms. The minimum atomic E-state index is -0.589. The summed E-state index contributed by atoms with van der Waals surface area (Å²) in [6.07, 6.45) is 3.24. The van der Waals surface area contributed by atoms with Crippen LogP contribution in [0.25, 0.3) is 22.4 Å². The van der Waals surface area contributed by atoms with Gasteiger partial charge < -0.3 is 10.1 Å². The SMILES string of the molecule is COc1nc(-c2cccc(-c3cccc(NC(=O)c4ccnn(C)c4=O)c3Cl)c2Cl)cc2c1C(N1CC(c3nnn[nH]3)C1)CC2. The first kappa shape index (κ1) is 29.1. The molecule has 228 valence electrons. The highest BCUT2D eigenvalue weighted by atomic mass is 35.5. The number of benzene rings is 2. The Balaban J connectivity index is 1.18. The standard InChI is InChI=1S/C31H27Cl2N9O3/c1-41-31(44)21(11-12-34-41)29(43)35-22-8-4-6-19(27(22)33)18-5-3-7-20(26(18)32)23-13-16-9-10-24(25(16)30(36-23)45-2)42-14-17(15-42)28-37-39-40-38-28/h3-8,11-13,17,24H,9-10,14-15H2,1-2H3,(H,35,43)(H,37,38,39,40). The summed E-state index contributed by atoms with van der Waals surface area (Å²) in [6, 6.07) is 14.6. The molecule has 0 bridgehead atoms. The van der Waals surface area contributed by atoms with E-state index in [2.05, 4.69) is 42.0 Å². The van der Waals surface area contributed by atoms with E-state index in [9.17, 15) is 9.59 Å². The predicted molar refractivity (Wildman–Crippen MR) is 169 cm³/mol. The zero-order chi connectivity index (χ0) is 31.2. The van der Waals surface area contributed by atoms with E-state index in [0.717, 1.165) is 47.6 Å². The number of likely N-dealkylation sites (tertiary alicyclic amines) is 1. The Bertz CT molecular complexity index is 1990. The minimum absolute atomic E-state index is 0.0473. The van der Waals surface area contributed by atoms with Crippen LogP contribution >= 0.6 is 23.2 Å². The Kier molecular flexibility index (Phi) is 7.56. The van der Waals surface area contributed by atoms with Crippen LogP contribution in [0.15, 0.2) is 59.5 Å². The first-order valence-electron chi connectivity index (χ1n) is 14.3. The molecule has 1 atom stereocenters. The zero-order valence-electron chi connectivity index (χ0n) is 24.3. The van der Waals surface area contributed by atoms with Crippen molar-refractivity contribution >= 4 is 34.8 Å². The van der Waals surface area contributed by atoms with Crippen LogP contribution in [-0.4, -0.2) is 66.4 Å². The molecule has 1 aliphatic carbocycles. The topological polar surface area (TPSA) is 144 Å². The van der Waals surface area contributed by atoms with Gasteiger partial charge in [-0.05, 0) is 47.0 Å². The summed E-state index contributed by atoms with van der Waals surface area (Å²) in [5, 5.41) is 21.7. The third-order valence-electron chi connectivity index (χ3n) is 8.48. The van der Waals surface area contributed by atoms with Crippen LogP contribution in [0.1, 0.15) is 45.7 Å². The number of ether oxygens (including phenoxy) is 1. The van der Waals surface area contributed by atoms with Crippen molar-refractivity contribution in [2.45, 2.75) is 24.8 Å². The summed E-state index contributed by atoms with van der Waals surface area (Å²) in [6.45, 7) is 1.72. The summed E-state index contributed by atoms with van der Waals surface area (Å²) in [7, 11) is 3.12. The average molecular weight is 645 g/mol. The number of amides is 1. The Hall–Kier alpha value is -4.65. The molecular weight excluding hydrogens is 617 g/mol. The van der Waals surface area contributed by atoms with E-state index in [4.69, 9.17) is 32.9 Å². The molecule has 0 spiro atoms. The summed E-state index contributed by atoms with van der Waals surface area (Å²) in [5.74, 6) is 1.09. The van der Waals surface area contributed by atoms with Gasteiger partial charge in [-0.25, -0.2) is 14.8 Å². The second kappa shape index (κ2) is 11.7. The minimum Gasteiger partial charge on any atom is -0.481 e.